The molecule has 1 heterocycles. The van der Waals surface area contributed by atoms with Gasteiger partial charge in [-0.3, -0.25) is 4.90 Å². The highest BCUT2D eigenvalue weighted by Crippen LogP contribution is 2.27. The predicted molar refractivity (Wildman–Crippen MR) is 87.9 cm³/mol. The Morgan fingerprint density at radius 2 is 1.79 bits per heavy atom. The molecular weight excluding hydrogens is 279 g/mol. The molecule has 19 heavy (non-hydrogen) atoms. The van der Waals surface area contributed by atoms with E-state index in [1.54, 1.807) is 0 Å². The molecule has 1 aliphatic heterocycles. The van der Waals surface area contributed by atoms with Gasteiger partial charge in [-0.05, 0) is 31.4 Å². The first-order valence-corrected chi connectivity index (χ1v) is 6.74. The lowest BCUT2D eigenvalue weighted by atomic mass is 9.95. The first kappa shape index (κ1) is 18.7. The summed E-state index contributed by atoms with van der Waals surface area (Å²) in [7, 11) is 0. The van der Waals surface area contributed by atoms with Crippen LogP contribution >= 0.6 is 24.8 Å². The topological polar surface area (TPSA) is 15.3 Å². The van der Waals surface area contributed by atoms with Gasteiger partial charge in [0.25, 0.3) is 0 Å². The largest absolute Gasteiger partial charge is 0.314 e. The van der Waals surface area contributed by atoms with E-state index in [9.17, 15) is 0 Å². The first-order chi connectivity index (χ1) is 8.22. The molecule has 1 aromatic rings. The summed E-state index contributed by atoms with van der Waals surface area (Å²) in [5, 5.41) is 3.43. The minimum atomic E-state index is 0. The van der Waals surface area contributed by atoms with E-state index in [0.717, 1.165) is 13.1 Å². The molecule has 0 amide bonds. The zero-order chi connectivity index (χ0) is 12.3. The quantitative estimate of drug-likeness (QED) is 0.919. The van der Waals surface area contributed by atoms with Crippen LogP contribution in [0.4, 0.5) is 0 Å². The second kappa shape index (κ2) is 8.80. The highest BCUT2D eigenvalue weighted by molar-refractivity contribution is 5.85. The van der Waals surface area contributed by atoms with Crippen LogP contribution < -0.4 is 5.32 Å². The van der Waals surface area contributed by atoms with Gasteiger partial charge in [-0.2, -0.15) is 0 Å². The number of hydrogen-bond donors (Lipinski definition) is 1. The second-order valence-corrected chi connectivity index (χ2v) is 5.07. The molecule has 0 saturated carbocycles. The molecule has 0 unspecified atom stereocenters. The number of aryl methyl sites for hydroxylation is 2. The van der Waals surface area contributed by atoms with E-state index >= 15 is 0 Å². The van der Waals surface area contributed by atoms with Crippen molar-refractivity contribution < 1.29 is 0 Å². The average Bonchev–Trinajstić information content (AvgIpc) is 2.36. The summed E-state index contributed by atoms with van der Waals surface area (Å²) < 4.78 is 0. The summed E-state index contributed by atoms with van der Waals surface area (Å²) in [6.45, 7) is 11.3. The monoisotopic (exact) mass is 304 g/mol. The van der Waals surface area contributed by atoms with Crippen LogP contribution in [0, 0.1) is 13.8 Å². The molecule has 0 radical (unpaired) electrons. The summed E-state index contributed by atoms with van der Waals surface area (Å²) in [6.07, 6.45) is 1.20. The molecule has 1 fully saturated rings. The van der Waals surface area contributed by atoms with Crippen molar-refractivity contribution in [1.29, 1.82) is 0 Å². The van der Waals surface area contributed by atoms with Gasteiger partial charge in [0.15, 0.2) is 0 Å². The Bertz CT molecular complexity index is 376. The summed E-state index contributed by atoms with van der Waals surface area (Å²) in [4.78, 5) is 2.62. The lowest BCUT2D eigenvalue weighted by Gasteiger charge is -2.35. The van der Waals surface area contributed by atoms with E-state index in [1.165, 1.54) is 36.2 Å². The van der Waals surface area contributed by atoms with Crippen molar-refractivity contribution >= 4 is 24.8 Å². The van der Waals surface area contributed by atoms with E-state index < -0.39 is 0 Å². The smallest absolute Gasteiger partial charge is 0.0349 e. The van der Waals surface area contributed by atoms with Crippen molar-refractivity contribution in [1.82, 2.24) is 10.2 Å². The van der Waals surface area contributed by atoms with E-state index in [4.69, 9.17) is 0 Å². The fraction of sp³-hybridized carbons (Fsp3) is 0.600. The van der Waals surface area contributed by atoms with Crippen molar-refractivity contribution in [3.63, 3.8) is 0 Å². The van der Waals surface area contributed by atoms with Gasteiger partial charge < -0.3 is 5.32 Å². The van der Waals surface area contributed by atoms with Crippen molar-refractivity contribution in [2.24, 2.45) is 0 Å². The van der Waals surface area contributed by atoms with Crippen LogP contribution in [-0.4, -0.2) is 31.1 Å². The van der Waals surface area contributed by atoms with Gasteiger partial charge in [-0.1, -0.05) is 30.7 Å². The molecule has 0 aromatic heterocycles. The maximum absolute atomic E-state index is 3.43. The Hall–Kier alpha value is -0.280. The lowest BCUT2D eigenvalue weighted by Crippen LogP contribution is -2.45. The van der Waals surface area contributed by atoms with Crippen molar-refractivity contribution in [2.75, 3.05) is 26.2 Å². The Balaban J connectivity index is 0.00000162. The summed E-state index contributed by atoms with van der Waals surface area (Å²) in [6, 6.07) is 7.43. The van der Waals surface area contributed by atoms with Gasteiger partial charge in [0.05, 0.1) is 0 Å². The zero-order valence-corrected chi connectivity index (χ0v) is 13.7. The molecule has 0 spiro atoms. The molecule has 110 valence electrons. The molecular formula is C15H26Cl2N2. The molecule has 2 nitrogen and oxygen atoms in total. The van der Waals surface area contributed by atoms with Crippen LogP contribution in [0.5, 0.6) is 0 Å². The van der Waals surface area contributed by atoms with Gasteiger partial charge >= 0.3 is 0 Å². The number of nitrogens with one attached hydrogen (secondary N) is 1. The Labute approximate surface area is 129 Å². The summed E-state index contributed by atoms with van der Waals surface area (Å²) in [5.74, 6) is 0. The first-order valence-electron chi connectivity index (χ1n) is 6.74. The normalized spacial score (nSPS) is 17.2. The number of hydrogen-bond acceptors (Lipinski definition) is 2. The van der Waals surface area contributed by atoms with Crippen LogP contribution in [0.15, 0.2) is 18.2 Å². The number of rotatable bonds is 3. The number of piperazine rings is 1. The summed E-state index contributed by atoms with van der Waals surface area (Å²) in [5.41, 5.74) is 4.33. The van der Waals surface area contributed by atoms with Crippen molar-refractivity contribution in [3.8, 4) is 0 Å². The van der Waals surface area contributed by atoms with Crippen LogP contribution in [0.3, 0.4) is 0 Å². The van der Waals surface area contributed by atoms with Crippen LogP contribution in [-0.2, 0) is 0 Å². The second-order valence-electron chi connectivity index (χ2n) is 5.07. The van der Waals surface area contributed by atoms with Gasteiger partial charge in [0.2, 0.25) is 0 Å². The maximum atomic E-state index is 3.43. The third-order valence-corrected chi connectivity index (χ3v) is 3.77. The van der Waals surface area contributed by atoms with Crippen LogP contribution in [0.25, 0.3) is 0 Å². The van der Waals surface area contributed by atoms with Crippen molar-refractivity contribution in [2.45, 2.75) is 33.2 Å². The molecule has 0 bridgehead atoms. The van der Waals surface area contributed by atoms with Crippen LogP contribution in [0.2, 0.25) is 0 Å². The molecule has 1 atom stereocenters. The summed E-state index contributed by atoms with van der Waals surface area (Å²) >= 11 is 0. The molecule has 1 aromatic carbocycles. The van der Waals surface area contributed by atoms with Crippen LogP contribution in [0.1, 0.15) is 36.1 Å². The van der Waals surface area contributed by atoms with E-state index in [-0.39, 0.29) is 24.8 Å². The molecule has 0 aliphatic carbocycles. The fourth-order valence-corrected chi connectivity index (χ4v) is 2.79. The number of halogens is 2. The minimum absolute atomic E-state index is 0. The predicted octanol–water partition coefficient (Wildman–Crippen LogP) is 3.50. The Morgan fingerprint density at radius 3 is 2.37 bits per heavy atom. The molecule has 1 N–H and O–H groups in total. The minimum Gasteiger partial charge on any atom is -0.314 e. The highest BCUT2D eigenvalue weighted by Gasteiger charge is 2.21. The van der Waals surface area contributed by atoms with E-state index in [0.29, 0.717) is 6.04 Å². The zero-order valence-electron chi connectivity index (χ0n) is 12.1. The fourth-order valence-electron chi connectivity index (χ4n) is 2.79. The van der Waals surface area contributed by atoms with E-state index in [1.807, 2.05) is 0 Å². The lowest BCUT2D eigenvalue weighted by molar-refractivity contribution is 0.169. The molecule has 4 heteroatoms. The van der Waals surface area contributed by atoms with Gasteiger partial charge in [0.1, 0.15) is 0 Å². The van der Waals surface area contributed by atoms with Gasteiger partial charge in [-0.15, -0.1) is 24.8 Å². The molecule has 2 rings (SSSR count). The molecule has 1 aliphatic rings. The third-order valence-electron chi connectivity index (χ3n) is 3.77. The van der Waals surface area contributed by atoms with Gasteiger partial charge in [-0.25, -0.2) is 0 Å². The Kier molecular flexibility index (Phi) is 8.67. The van der Waals surface area contributed by atoms with Crippen molar-refractivity contribution in [3.05, 3.63) is 34.9 Å². The average molecular weight is 305 g/mol. The Morgan fingerprint density at radius 1 is 1.16 bits per heavy atom. The maximum Gasteiger partial charge on any atom is 0.0349 e. The van der Waals surface area contributed by atoms with Gasteiger partial charge in [0, 0.05) is 32.2 Å². The van der Waals surface area contributed by atoms with E-state index in [2.05, 4.69) is 49.2 Å². The SMILES string of the molecule is CC[C@H](c1cc(C)ccc1C)N1CCNCC1.Cl.Cl. The number of benzene rings is 1. The number of nitrogens with zero attached hydrogens (tertiary/aromatic N) is 1. The highest BCUT2D eigenvalue weighted by atomic mass is 35.5. The molecule has 1 saturated heterocycles. The third kappa shape index (κ3) is 4.64. The standard InChI is InChI=1S/C15H24N2.2ClH/c1-4-15(17-9-7-16-8-10-17)14-11-12(2)5-6-13(14)3;;/h5-6,11,15-16H,4,7-10H2,1-3H3;2*1H/t15-;;/m1../s1.